The number of pyridine rings is 1. The molecule has 1 N–H and O–H groups in total. The van der Waals surface area contributed by atoms with Crippen molar-refractivity contribution in [3.63, 3.8) is 0 Å². The summed E-state index contributed by atoms with van der Waals surface area (Å²) in [6.45, 7) is 9.74. The van der Waals surface area contributed by atoms with Crippen molar-refractivity contribution >= 4 is 11.4 Å². The standard InChI is InChI=1S/C18H28N2O2S/c1-7-8-9-10-11-15-13-20(6)17(21)12-16(15)14(2)19-23(22)18(3,4)5/h12-14,19H,7,10-11H2,1-6H3/t14-,23-/m0/s1. The topological polar surface area (TPSA) is 57.1 Å². The highest BCUT2D eigenvalue weighted by atomic mass is 32.2. The second-order valence-corrected chi connectivity index (χ2v) is 8.63. The first-order chi connectivity index (χ1) is 10.7. The summed E-state index contributed by atoms with van der Waals surface area (Å²) in [5, 5.41) is 0. The number of nitrogens with one attached hydrogen (secondary N) is 1. The molecule has 1 rings (SSSR count). The van der Waals surface area contributed by atoms with Gasteiger partial charge in [-0.2, -0.15) is 0 Å². The van der Waals surface area contributed by atoms with Crippen molar-refractivity contribution in [2.75, 3.05) is 0 Å². The third kappa shape index (κ3) is 6.06. The number of hydrogen-bond acceptors (Lipinski definition) is 3. The number of hydrogen-bond donors (Lipinski definition) is 1. The summed E-state index contributed by atoms with van der Waals surface area (Å²) in [6.07, 6.45) is 4.25. The highest BCUT2D eigenvalue weighted by Gasteiger charge is 2.29. The summed E-state index contributed by atoms with van der Waals surface area (Å²) in [5.41, 5.74) is 1.92. The summed E-state index contributed by atoms with van der Waals surface area (Å²) < 4.78 is 16.7. The molecule has 0 fully saturated rings. The van der Waals surface area contributed by atoms with E-state index in [0.717, 1.165) is 30.4 Å². The molecule has 0 amide bonds. The zero-order valence-electron chi connectivity index (χ0n) is 15.0. The van der Waals surface area contributed by atoms with Crippen LogP contribution in [-0.2, 0) is 24.8 Å². The maximum absolute atomic E-state index is 12.3. The lowest BCUT2D eigenvalue weighted by Crippen LogP contribution is -2.41. The van der Waals surface area contributed by atoms with Crippen molar-refractivity contribution in [2.24, 2.45) is 7.05 Å². The van der Waals surface area contributed by atoms with Crippen LogP contribution in [0.1, 0.15) is 64.6 Å². The Balaban J connectivity index is 3.03. The second-order valence-electron chi connectivity index (χ2n) is 6.63. The molecule has 23 heavy (non-hydrogen) atoms. The third-order valence-electron chi connectivity index (χ3n) is 3.47. The van der Waals surface area contributed by atoms with E-state index in [1.165, 1.54) is 0 Å². The molecule has 0 aromatic carbocycles. The van der Waals surface area contributed by atoms with Crippen LogP contribution in [0.2, 0.25) is 0 Å². The first-order valence-electron chi connectivity index (χ1n) is 8.00. The van der Waals surface area contributed by atoms with Gasteiger partial charge in [-0.1, -0.05) is 6.92 Å². The molecule has 0 aliphatic carbocycles. The minimum atomic E-state index is -1.18. The van der Waals surface area contributed by atoms with Crippen LogP contribution >= 0.6 is 0 Å². The molecule has 0 saturated carbocycles. The van der Waals surface area contributed by atoms with E-state index in [-0.39, 0.29) is 16.3 Å². The highest BCUT2D eigenvalue weighted by Crippen LogP contribution is 2.22. The Kier molecular flexibility index (Phi) is 7.40. The van der Waals surface area contributed by atoms with E-state index in [4.69, 9.17) is 0 Å². The van der Waals surface area contributed by atoms with Crippen LogP contribution in [0.15, 0.2) is 17.1 Å². The lowest BCUT2D eigenvalue weighted by Gasteiger charge is -2.27. The van der Waals surface area contributed by atoms with Crippen LogP contribution in [-0.4, -0.2) is 13.9 Å². The number of aromatic nitrogens is 1. The summed E-state index contributed by atoms with van der Waals surface area (Å²) in [4.78, 5) is 12.0. The molecular formula is C18H28N2O2S. The molecule has 4 nitrogen and oxygen atoms in total. The first-order valence-corrected chi connectivity index (χ1v) is 9.15. The Morgan fingerprint density at radius 1 is 1.39 bits per heavy atom. The van der Waals surface area contributed by atoms with Gasteiger partial charge >= 0.3 is 0 Å². The number of nitrogens with zero attached hydrogens (tertiary/aromatic N) is 1. The van der Waals surface area contributed by atoms with Crippen molar-refractivity contribution in [1.29, 1.82) is 0 Å². The summed E-state index contributed by atoms with van der Waals surface area (Å²) in [7, 11) is 1.75. The molecular weight excluding hydrogens is 308 g/mol. The van der Waals surface area contributed by atoms with Crippen LogP contribution in [0.5, 0.6) is 0 Å². The van der Waals surface area contributed by atoms with E-state index < -0.39 is 11.4 Å². The maximum atomic E-state index is 12.3. The van der Waals surface area contributed by atoms with Crippen LogP contribution in [0.4, 0.5) is 0 Å². The van der Waals surface area contributed by atoms with E-state index in [1.807, 2.05) is 40.8 Å². The molecule has 0 radical (unpaired) electrons. The van der Waals surface area contributed by atoms with Gasteiger partial charge in [-0.25, -0.2) is 0 Å². The number of aryl methyl sites for hydroxylation is 2. The lowest BCUT2D eigenvalue weighted by atomic mass is 10.0. The van der Waals surface area contributed by atoms with Crippen molar-refractivity contribution in [2.45, 2.75) is 64.7 Å². The zero-order valence-corrected chi connectivity index (χ0v) is 15.8. The highest BCUT2D eigenvalue weighted by molar-refractivity contribution is 7.90. The molecule has 0 spiro atoms. The molecule has 128 valence electrons. The molecule has 0 unspecified atom stereocenters. The van der Waals surface area contributed by atoms with E-state index in [9.17, 15) is 9.35 Å². The predicted octanol–water partition coefficient (Wildman–Crippen LogP) is 2.84. The van der Waals surface area contributed by atoms with Crippen LogP contribution < -0.4 is 10.3 Å². The Bertz CT molecular complexity index is 635. The van der Waals surface area contributed by atoms with Crippen molar-refractivity contribution < 1.29 is 4.55 Å². The van der Waals surface area contributed by atoms with Gasteiger partial charge in [0.15, 0.2) is 0 Å². The van der Waals surface area contributed by atoms with Gasteiger partial charge < -0.3 is 9.12 Å². The fourth-order valence-corrected chi connectivity index (χ4v) is 2.92. The lowest BCUT2D eigenvalue weighted by molar-refractivity contribution is 0.530. The van der Waals surface area contributed by atoms with Gasteiger partial charge in [0.1, 0.15) is 4.75 Å². The SMILES string of the molecule is CCC#CCCc1cn(C)c(=O)cc1[C@H](C)N[S@@+]([O-])C(C)(C)C. The fraction of sp³-hybridized carbons (Fsp3) is 0.611. The maximum Gasteiger partial charge on any atom is 0.250 e. The van der Waals surface area contributed by atoms with Crippen LogP contribution in [0.3, 0.4) is 0 Å². The van der Waals surface area contributed by atoms with Gasteiger partial charge in [0.2, 0.25) is 0 Å². The normalized spacial score (nSPS) is 14.0. The number of rotatable bonds is 5. The molecule has 0 bridgehead atoms. The quantitative estimate of drug-likeness (QED) is 0.664. The van der Waals surface area contributed by atoms with Crippen molar-refractivity contribution in [1.82, 2.24) is 9.29 Å². The van der Waals surface area contributed by atoms with E-state index >= 15 is 0 Å². The molecule has 2 atom stereocenters. The average Bonchev–Trinajstić information content (AvgIpc) is 2.45. The summed E-state index contributed by atoms with van der Waals surface area (Å²) in [5.74, 6) is 6.19. The molecule has 5 heteroatoms. The predicted molar refractivity (Wildman–Crippen MR) is 97.5 cm³/mol. The molecule has 1 aromatic heterocycles. The van der Waals surface area contributed by atoms with Gasteiger partial charge in [0, 0.05) is 43.5 Å². The fourth-order valence-electron chi connectivity index (χ4n) is 2.12. The van der Waals surface area contributed by atoms with Crippen LogP contribution in [0, 0.1) is 11.8 Å². The Labute approximate surface area is 143 Å². The molecule has 1 heterocycles. The third-order valence-corrected chi connectivity index (χ3v) is 5.15. The summed E-state index contributed by atoms with van der Waals surface area (Å²) >= 11 is -1.18. The average molecular weight is 337 g/mol. The molecule has 0 aliphatic heterocycles. The van der Waals surface area contributed by atoms with Gasteiger partial charge in [-0.15, -0.1) is 16.6 Å². The second kappa shape index (κ2) is 8.58. The minimum Gasteiger partial charge on any atom is -0.598 e. The monoisotopic (exact) mass is 336 g/mol. The molecule has 0 aliphatic rings. The Morgan fingerprint density at radius 3 is 2.61 bits per heavy atom. The van der Waals surface area contributed by atoms with Gasteiger partial charge in [-0.05, 0) is 45.2 Å². The molecule has 0 saturated heterocycles. The van der Waals surface area contributed by atoms with E-state index in [2.05, 4.69) is 16.6 Å². The Hall–Kier alpha value is -1.22. The largest absolute Gasteiger partial charge is 0.598 e. The Morgan fingerprint density at radius 2 is 2.04 bits per heavy atom. The first kappa shape index (κ1) is 19.8. The van der Waals surface area contributed by atoms with E-state index in [1.54, 1.807) is 17.7 Å². The summed E-state index contributed by atoms with van der Waals surface area (Å²) in [6, 6.07) is 1.48. The zero-order chi connectivity index (χ0) is 17.6. The van der Waals surface area contributed by atoms with Gasteiger partial charge in [0.25, 0.3) is 5.56 Å². The van der Waals surface area contributed by atoms with Gasteiger partial charge in [-0.3, -0.25) is 4.79 Å². The van der Waals surface area contributed by atoms with E-state index in [0.29, 0.717) is 0 Å². The smallest absolute Gasteiger partial charge is 0.250 e. The minimum absolute atomic E-state index is 0.0569. The van der Waals surface area contributed by atoms with Crippen molar-refractivity contribution in [3.8, 4) is 11.8 Å². The molecule has 1 aromatic rings. The van der Waals surface area contributed by atoms with Crippen LogP contribution in [0.25, 0.3) is 0 Å². The van der Waals surface area contributed by atoms with Crippen molar-refractivity contribution in [3.05, 3.63) is 33.7 Å². The van der Waals surface area contributed by atoms with Gasteiger partial charge in [0.05, 0.1) is 6.04 Å².